The van der Waals surface area contributed by atoms with Crippen molar-refractivity contribution in [1.29, 1.82) is 0 Å². The molecular weight excluding hydrogens is 1030 g/mol. The first-order valence-corrected chi connectivity index (χ1v) is 38.9. The van der Waals surface area contributed by atoms with Gasteiger partial charge in [0.25, 0.3) is 0 Å². The van der Waals surface area contributed by atoms with E-state index < -0.39 is 12.1 Å². The number of hydrogen-bond donors (Lipinski definition) is 3. The summed E-state index contributed by atoms with van der Waals surface area (Å²) < 4.78 is 5.48. The molecule has 0 aromatic carbocycles. The highest BCUT2D eigenvalue weighted by molar-refractivity contribution is 5.76. The number of amides is 1. The minimum absolute atomic E-state index is 0.0148. The Labute approximate surface area is 527 Å². The van der Waals surface area contributed by atoms with Gasteiger partial charge in [0.05, 0.1) is 25.4 Å². The van der Waals surface area contributed by atoms with Crippen molar-refractivity contribution in [2.24, 2.45) is 0 Å². The third-order valence-corrected chi connectivity index (χ3v) is 18.6. The number of aliphatic hydroxyl groups is 2. The summed E-state index contributed by atoms with van der Waals surface area (Å²) in [7, 11) is 0. The van der Waals surface area contributed by atoms with Gasteiger partial charge in [0.15, 0.2) is 0 Å². The average molecular weight is 1190 g/mol. The molecule has 0 aliphatic heterocycles. The van der Waals surface area contributed by atoms with Crippen LogP contribution in [0, 0.1) is 0 Å². The number of carbonyl (C=O) groups is 2. The molecular formula is C78H153NO5. The van der Waals surface area contributed by atoms with Crippen LogP contribution in [0.3, 0.4) is 0 Å². The van der Waals surface area contributed by atoms with Crippen LogP contribution in [-0.2, 0) is 14.3 Å². The predicted molar refractivity (Wildman–Crippen MR) is 370 cm³/mol. The van der Waals surface area contributed by atoms with E-state index in [9.17, 15) is 19.8 Å². The fourth-order valence-electron chi connectivity index (χ4n) is 12.6. The van der Waals surface area contributed by atoms with Crippen LogP contribution in [0.5, 0.6) is 0 Å². The van der Waals surface area contributed by atoms with E-state index >= 15 is 0 Å². The van der Waals surface area contributed by atoms with Gasteiger partial charge in [-0.3, -0.25) is 9.59 Å². The largest absolute Gasteiger partial charge is 0.466 e. The van der Waals surface area contributed by atoms with E-state index in [0.717, 1.165) is 44.9 Å². The Morgan fingerprint density at radius 1 is 0.321 bits per heavy atom. The fraction of sp³-hybridized carbons (Fsp3) is 0.949. The van der Waals surface area contributed by atoms with Gasteiger partial charge in [-0.15, -0.1) is 0 Å². The molecule has 0 aromatic rings. The third kappa shape index (κ3) is 69.7. The Balaban J connectivity index is 3.28. The minimum Gasteiger partial charge on any atom is -0.466 e. The van der Waals surface area contributed by atoms with Crippen molar-refractivity contribution in [2.45, 2.75) is 463 Å². The Hall–Kier alpha value is -1.40. The summed E-state index contributed by atoms with van der Waals surface area (Å²) in [5.74, 6) is -0.00985. The Kier molecular flexibility index (Phi) is 72.8. The smallest absolute Gasteiger partial charge is 0.305 e. The lowest BCUT2D eigenvalue weighted by atomic mass is 10.0. The number of unbranched alkanes of at least 4 members (excludes halogenated alkanes) is 61. The number of rotatable bonds is 74. The molecule has 0 fully saturated rings. The van der Waals surface area contributed by atoms with Gasteiger partial charge in [0.1, 0.15) is 0 Å². The van der Waals surface area contributed by atoms with Gasteiger partial charge in [-0.1, -0.05) is 398 Å². The highest BCUT2D eigenvalue weighted by Gasteiger charge is 2.20. The molecule has 3 N–H and O–H groups in total. The molecule has 0 aromatic heterocycles. The molecule has 6 nitrogen and oxygen atoms in total. The maximum Gasteiger partial charge on any atom is 0.305 e. The van der Waals surface area contributed by atoms with Crippen LogP contribution < -0.4 is 5.32 Å². The number of hydrogen-bond acceptors (Lipinski definition) is 5. The van der Waals surface area contributed by atoms with Crippen molar-refractivity contribution < 1.29 is 24.5 Å². The van der Waals surface area contributed by atoms with E-state index in [-0.39, 0.29) is 18.5 Å². The van der Waals surface area contributed by atoms with Crippen LogP contribution in [0.25, 0.3) is 0 Å². The van der Waals surface area contributed by atoms with E-state index in [4.69, 9.17) is 4.74 Å². The first-order chi connectivity index (χ1) is 41.5. The molecule has 84 heavy (non-hydrogen) atoms. The first-order valence-electron chi connectivity index (χ1n) is 38.9. The Morgan fingerprint density at radius 2 is 0.560 bits per heavy atom. The molecule has 1 amide bonds. The second-order valence-corrected chi connectivity index (χ2v) is 27.0. The molecule has 0 saturated heterocycles. The van der Waals surface area contributed by atoms with Crippen molar-refractivity contribution in [1.82, 2.24) is 5.32 Å². The maximum atomic E-state index is 12.5. The summed E-state index contributed by atoms with van der Waals surface area (Å²) in [6, 6.07) is -0.536. The molecule has 0 radical (unpaired) electrons. The monoisotopic (exact) mass is 1180 g/mol. The maximum absolute atomic E-state index is 12.5. The Bertz CT molecular complexity index is 1270. The second-order valence-electron chi connectivity index (χ2n) is 27.0. The lowest BCUT2D eigenvalue weighted by Crippen LogP contribution is -2.45. The second kappa shape index (κ2) is 74.1. The number of carbonyl (C=O) groups excluding carboxylic acids is 2. The molecule has 0 aliphatic carbocycles. The van der Waals surface area contributed by atoms with Gasteiger partial charge >= 0.3 is 5.97 Å². The predicted octanol–water partition coefficient (Wildman–Crippen LogP) is 25.5. The van der Waals surface area contributed by atoms with Gasteiger partial charge in [-0.2, -0.15) is 0 Å². The summed E-state index contributed by atoms with van der Waals surface area (Å²) in [5.41, 5.74) is 0. The molecule has 500 valence electrons. The van der Waals surface area contributed by atoms with Gasteiger partial charge in [-0.05, 0) is 51.4 Å². The van der Waals surface area contributed by atoms with Gasteiger partial charge in [0, 0.05) is 12.8 Å². The number of aliphatic hydroxyl groups excluding tert-OH is 2. The molecule has 0 heterocycles. The summed E-state index contributed by atoms with van der Waals surface area (Å²) in [6.45, 7) is 4.97. The molecule has 6 heteroatoms. The molecule has 0 saturated carbocycles. The van der Waals surface area contributed by atoms with Crippen molar-refractivity contribution >= 4 is 11.9 Å². The highest BCUT2D eigenvalue weighted by atomic mass is 16.5. The number of esters is 1. The summed E-state index contributed by atoms with van der Waals surface area (Å²) in [4.78, 5) is 24.6. The minimum atomic E-state index is -0.659. The first kappa shape index (κ1) is 82.6. The molecule has 2 atom stereocenters. The van der Waals surface area contributed by atoms with Gasteiger partial charge < -0.3 is 20.3 Å². The summed E-state index contributed by atoms with van der Waals surface area (Å²) in [6.07, 6.45) is 93.1. The highest BCUT2D eigenvalue weighted by Crippen LogP contribution is 2.20. The van der Waals surface area contributed by atoms with Gasteiger partial charge in [-0.25, -0.2) is 0 Å². The van der Waals surface area contributed by atoms with Crippen LogP contribution >= 0.6 is 0 Å². The third-order valence-electron chi connectivity index (χ3n) is 18.6. The lowest BCUT2D eigenvalue weighted by molar-refractivity contribution is -0.143. The SMILES string of the molecule is CCCCC/C=C\CCCCCCCC(=O)OCCCCCCCCCCCCCCCCCCCCCCCCCCCCCCCCCCCCCCCCCC(=O)NC(CO)C(O)CCCCCCCCCCCCCCCCCC. The van der Waals surface area contributed by atoms with Crippen LogP contribution in [0.1, 0.15) is 450 Å². The zero-order valence-electron chi connectivity index (χ0n) is 57.4. The number of nitrogens with one attached hydrogen (secondary N) is 1. The van der Waals surface area contributed by atoms with Crippen LogP contribution in [-0.4, -0.2) is 47.4 Å². The number of ether oxygens (including phenoxy) is 1. The lowest BCUT2D eigenvalue weighted by Gasteiger charge is -2.22. The zero-order chi connectivity index (χ0) is 60.6. The van der Waals surface area contributed by atoms with E-state index in [1.807, 2.05) is 0 Å². The number of allylic oxidation sites excluding steroid dienone is 2. The zero-order valence-corrected chi connectivity index (χ0v) is 57.4. The molecule has 0 spiro atoms. The van der Waals surface area contributed by atoms with Crippen molar-refractivity contribution in [3.63, 3.8) is 0 Å². The molecule has 2 unspecified atom stereocenters. The van der Waals surface area contributed by atoms with Crippen molar-refractivity contribution in [3.8, 4) is 0 Å². The fourth-order valence-corrected chi connectivity index (χ4v) is 12.6. The van der Waals surface area contributed by atoms with E-state index in [0.29, 0.717) is 25.9 Å². The van der Waals surface area contributed by atoms with Gasteiger partial charge in [0.2, 0.25) is 5.91 Å². The standard InChI is InChI=1S/C78H153NO5/c1-3-5-7-9-11-13-15-17-18-44-47-50-54-58-62-66-70-76(81)75(74-80)79-77(82)71-67-63-59-55-51-48-45-42-40-38-36-34-32-30-28-26-24-22-20-19-21-23-25-27-29-31-33-35-37-39-41-43-46-49-53-57-61-65-69-73-84-78(83)72-68-64-60-56-52-16-14-12-10-8-6-4-2/h12,14,75-76,80-81H,3-11,13,15-74H2,1-2H3,(H,79,82)/b14-12-. The van der Waals surface area contributed by atoms with Crippen molar-refractivity contribution in [3.05, 3.63) is 12.2 Å². The summed E-state index contributed by atoms with van der Waals surface area (Å²) in [5, 5.41) is 23.4. The molecule has 0 rings (SSSR count). The molecule has 0 bridgehead atoms. The average Bonchev–Trinajstić information content (AvgIpc) is 3.50. The normalized spacial score (nSPS) is 12.5. The summed E-state index contributed by atoms with van der Waals surface area (Å²) >= 11 is 0. The van der Waals surface area contributed by atoms with E-state index in [2.05, 4.69) is 31.3 Å². The van der Waals surface area contributed by atoms with Crippen LogP contribution in [0.2, 0.25) is 0 Å². The topological polar surface area (TPSA) is 95.9 Å². The Morgan fingerprint density at radius 3 is 0.869 bits per heavy atom. The molecule has 0 aliphatic rings. The van der Waals surface area contributed by atoms with E-state index in [1.54, 1.807) is 0 Å². The van der Waals surface area contributed by atoms with E-state index in [1.165, 1.54) is 372 Å². The quantitative estimate of drug-likeness (QED) is 0.0320. The van der Waals surface area contributed by atoms with Crippen LogP contribution in [0.4, 0.5) is 0 Å². The van der Waals surface area contributed by atoms with Crippen molar-refractivity contribution in [2.75, 3.05) is 13.2 Å². The van der Waals surface area contributed by atoms with Crippen LogP contribution in [0.15, 0.2) is 12.2 Å².